The van der Waals surface area contributed by atoms with Crippen LogP contribution in [0.25, 0.3) is 22.1 Å². The van der Waals surface area contributed by atoms with E-state index in [-0.39, 0.29) is 84.2 Å². The molecule has 3 rings (SSSR count). The Hall–Kier alpha value is -1.13. The van der Waals surface area contributed by atoms with Crippen molar-refractivity contribution >= 4 is 27.8 Å². The number of hydrogen-bond acceptors (Lipinski definition) is 9. The van der Waals surface area contributed by atoms with Crippen molar-refractivity contribution in [3.63, 3.8) is 0 Å². The topological polar surface area (TPSA) is 169 Å². The van der Waals surface area contributed by atoms with Gasteiger partial charge in [-0.3, -0.25) is 19.4 Å². The van der Waals surface area contributed by atoms with Crippen molar-refractivity contribution in [1.29, 1.82) is 0 Å². The predicted octanol–water partition coefficient (Wildman–Crippen LogP) is -4.15. The first-order valence-electron chi connectivity index (χ1n) is 4.30. The average Bonchev–Trinajstić information content (AvgIpc) is 2.83. The second-order valence-electron chi connectivity index (χ2n) is 3.21. The van der Waals surface area contributed by atoms with Gasteiger partial charge in [-0.05, 0) is 9.81 Å². The Bertz CT molecular complexity index is 809. The van der Waals surface area contributed by atoms with Crippen LogP contribution in [0.3, 0.4) is 0 Å². The molecular weight excluding hydrogens is 387 g/mol. The summed E-state index contributed by atoms with van der Waals surface area (Å²) in [4.78, 5) is 9.37. The molecule has 0 amide bonds. The van der Waals surface area contributed by atoms with E-state index in [0.717, 1.165) is 0 Å². The molecule has 0 unspecified atom stereocenters. The van der Waals surface area contributed by atoms with Crippen molar-refractivity contribution in [3.8, 4) is 5.75 Å². The summed E-state index contributed by atoms with van der Waals surface area (Å²) < 4.78 is 8.35. The Kier molecular flexibility index (Phi) is 3.58. The molecule has 0 aliphatic heterocycles. The Balaban J connectivity index is 0.00000133. The van der Waals surface area contributed by atoms with E-state index in [1.165, 1.54) is 0 Å². The maximum absolute atomic E-state index is 11.3. The van der Waals surface area contributed by atoms with E-state index >= 15 is 0 Å². The molecule has 1 N–H and O–H groups in total. The minimum atomic E-state index is -1.01. The first-order chi connectivity index (χ1) is 8.52. The van der Waals surface area contributed by atoms with Crippen LogP contribution in [-0.4, -0.2) is 20.3 Å². The number of nitro benzene ring substituents is 1. The number of phenols is 1. The Labute approximate surface area is 160 Å². The SMILES string of the molecule is O=[N+]([O-])c1c(O)c2c(no[n+]2[O-])c2c1no[n+]2[O-].[Cs+]. The number of rotatable bonds is 1. The molecule has 1 aromatic carbocycles. The predicted molar refractivity (Wildman–Crippen MR) is 47.8 cm³/mol. The van der Waals surface area contributed by atoms with Gasteiger partial charge in [0.2, 0.25) is 0 Å². The van der Waals surface area contributed by atoms with Crippen LogP contribution in [0.1, 0.15) is 0 Å². The first kappa shape index (κ1) is 14.3. The Morgan fingerprint density at radius 2 is 1.63 bits per heavy atom. The summed E-state index contributed by atoms with van der Waals surface area (Å²) in [5.74, 6) is -1.01. The Morgan fingerprint density at radius 1 is 1.11 bits per heavy atom. The van der Waals surface area contributed by atoms with E-state index in [1.807, 2.05) is 0 Å². The molecule has 0 aliphatic carbocycles. The monoisotopic (exact) mass is 388 g/mol. The molecule has 13 heteroatoms. The van der Waals surface area contributed by atoms with Gasteiger partial charge in [-0.25, -0.2) is 0 Å². The standard InChI is InChI=1S/C6HN5O7.Cs/c12-6-4(9(13)14)1-3(10(15)17-7-1)2-5(6)11(16)18-8-2;/h12H;/q;+1. The fourth-order valence-electron chi connectivity index (χ4n) is 1.60. The van der Waals surface area contributed by atoms with Gasteiger partial charge in [-0.1, -0.05) is 0 Å². The number of nitro groups is 1. The number of phenolic OH excluding ortho intramolecular Hbond substituents is 1. The van der Waals surface area contributed by atoms with Crippen molar-refractivity contribution in [2.24, 2.45) is 0 Å². The number of benzene rings is 1. The fraction of sp³-hybridized carbons (Fsp3) is 0. The van der Waals surface area contributed by atoms with Crippen LogP contribution >= 0.6 is 0 Å². The number of hydrogen-bond donors (Lipinski definition) is 1. The van der Waals surface area contributed by atoms with Gasteiger partial charge >= 0.3 is 85.6 Å². The van der Waals surface area contributed by atoms with E-state index in [0.29, 0.717) is 0 Å². The van der Waals surface area contributed by atoms with Crippen LogP contribution in [0, 0.1) is 20.5 Å². The molecule has 0 bridgehead atoms. The van der Waals surface area contributed by atoms with Crippen molar-refractivity contribution < 1.29 is 98.0 Å². The molecule has 0 saturated carbocycles. The van der Waals surface area contributed by atoms with Gasteiger partial charge in [0.15, 0.2) is 0 Å². The summed E-state index contributed by atoms with van der Waals surface area (Å²) in [7, 11) is 0. The van der Waals surface area contributed by atoms with Gasteiger partial charge in [-0.15, -0.1) is 0 Å². The smallest absolute Gasteiger partial charge is 0.499 e. The van der Waals surface area contributed by atoms with Gasteiger partial charge in [0.25, 0.3) is 16.8 Å². The maximum atomic E-state index is 11.3. The van der Waals surface area contributed by atoms with E-state index < -0.39 is 32.9 Å². The quantitative estimate of drug-likeness (QED) is 0.247. The van der Waals surface area contributed by atoms with E-state index in [2.05, 4.69) is 19.6 Å². The van der Waals surface area contributed by atoms with Gasteiger partial charge in [0, 0.05) is 0 Å². The molecule has 2 aromatic heterocycles. The third-order valence-electron chi connectivity index (χ3n) is 2.31. The average molecular weight is 388 g/mol. The molecule has 12 nitrogen and oxygen atoms in total. The van der Waals surface area contributed by atoms with Crippen LogP contribution in [0.4, 0.5) is 5.69 Å². The number of aromatic nitrogens is 4. The summed E-state index contributed by atoms with van der Waals surface area (Å²) >= 11 is 0. The molecule has 19 heavy (non-hydrogen) atoms. The number of fused-ring (bicyclic) bond motifs is 3. The third-order valence-corrected chi connectivity index (χ3v) is 2.31. The molecule has 0 radical (unpaired) electrons. The molecule has 0 fully saturated rings. The van der Waals surface area contributed by atoms with Gasteiger partial charge < -0.3 is 15.5 Å². The molecule has 0 aliphatic rings. The van der Waals surface area contributed by atoms with Crippen molar-refractivity contribution in [3.05, 3.63) is 20.5 Å². The third kappa shape index (κ3) is 1.85. The molecule has 0 saturated heterocycles. The molecule has 3 aromatic rings. The summed E-state index contributed by atoms with van der Waals surface area (Å²) in [5, 5.41) is 49.3. The Morgan fingerprint density at radius 3 is 2.21 bits per heavy atom. The van der Waals surface area contributed by atoms with Crippen molar-refractivity contribution in [2.75, 3.05) is 0 Å². The van der Waals surface area contributed by atoms with Crippen LogP contribution in [-0.2, 0) is 0 Å². The molecule has 92 valence electrons. The number of nitrogens with zero attached hydrogens (tertiary/aromatic N) is 5. The van der Waals surface area contributed by atoms with E-state index in [4.69, 9.17) is 0 Å². The minimum Gasteiger partial charge on any atom is -0.499 e. The zero-order valence-electron chi connectivity index (χ0n) is 9.13. The van der Waals surface area contributed by atoms with Crippen LogP contribution < -0.4 is 78.7 Å². The zero-order valence-corrected chi connectivity index (χ0v) is 15.4. The summed E-state index contributed by atoms with van der Waals surface area (Å²) in [6.07, 6.45) is 0. The molecular formula is C6HCsN5O7+. The fourth-order valence-corrected chi connectivity index (χ4v) is 1.60. The second-order valence-corrected chi connectivity index (χ2v) is 3.21. The number of aromatic hydroxyl groups is 1. The summed E-state index contributed by atoms with van der Waals surface area (Å²) in [6.45, 7) is 0. The van der Waals surface area contributed by atoms with Gasteiger partial charge in [0.05, 0.1) is 15.2 Å². The van der Waals surface area contributed by atoms with E-state index in [1.54, 1.807) is 0 Å². The van der Waals surface area contributed by atoms with E-state index in [9.17, 15) is 25.6 Å². The zero-order chi connectivity index (χ0) is 13.0. The summed E-state index contributed by atoms with van der Waals surface area (Å²) in [6, 6.07) is 0. The molecule has 0 atom stereocenters. The van der Waals surface area contributed by atoms with Crippen molar-refractivity contribution in [2.45, 2.75) is 0 Å². The largest absolute Gasteiger partial charge is 1.00 e. The van der Waals surface area contributed by atoms with Gasteiger partial charge in [-0.2, -0.15) is 0 Å². The van der Waals surface area contributed by atoms with Crippen LogP contribution in [0.5, 0.6) is 5.75 Å². The maximum Gasteiger partial charge on any atom is 1.00 e. The normalized spacial score (nSPS) is 10.7. The van der Waals surface area contributed by atoms with Crippen LogP contribution in [0.2, 0.25) is 0 Å². The summed E-state index contributed by atoms with van der Waals surface area (Å²) in [5.41, 5.74) is -2.99. The first-order valence-corrected chi connectivity index (χ1v) is 4.30. The van der Waals surface area contributed by atoms with Crippen molar-refractivity contribution in [1.82, 2.24) is 10.3 Å². The van der Waals surface area contributed by atoms with Crippen LogP contribution in [0.15, 0.2) is 9.26 Å². The minimum absolute atomic E-state index is 0. The molecule has 0 spiro atoms. The van der Waals surface area contributed by atoms with Gasteiger partial charge in [0.1, 0.15) is 0 Å². The molecule has 2 heterocycles. The second kappa shape index (κ2) is 4.76.